The van der Waals surface area contributed by atoms with Crippen LogP contribution in [0, 0.1) is 0 Å². The summed E-state index contributed by atoms with van der Waals surface area (Å²) in [6, 6.07) is 15.4. The van der Waals surface area contributed by atoms with Crippen molar-refractivity contribution in [3.8, 4) is 28.5 Å². The van der Waals surface area contributed by atoms with Gasteiger partial charge in [0.15, 0.2) is 11.5 Å². The summed E-state index contributed by atoms with van der Waals surface area (Å²) in [6.45, 7) is 0. The van der Waals surface area contributed by atoms with E-state index in [0.29, 0.717) is 17.2 Å². The molecule has 0 aliphatic carbocycles. The largest absolute Gasteiger partial charge is 0.493 e. The summed E-state index contributed by atoms with van der Waals surface area (Å²) in [7, 11) is 4.75. The number of halogens is 1. The van der Waals surface area contributed by atoms with Gasteiger partial charge in [0.1, 0.15) is 5.03 Å². The first-order valence-corrected chi connectivity index (χ1v) is 9.52. The molecule has 0 atom stereocenters. The van der Waals surface area contributed by atoms with Gasteiger partial charge in [-0.25, -0.2) is 0 Å². The molecule has 0 N–H and O–H groups in total. The molecule has 2 aromatic carbocycles. The van der Waals surface area contributed by atoms with E-state index in [0.717, 1.165) is 27.1 Å². The maximum absolute atomic E-state index is 5.91. The van der Waals surface area contributed by atoms with Gasteiger partial charge in [-0.2, -0.15) is 0 Å². The average molecular weight is 403 g/mol. The second kappa shape index (κ2) is 8.97. The summed E-state index contributed by atoms with van der Waals surface area (Å²) >= 11 is 7.53. The van der Waals surface area contributed by atoms with E-state index in [9.17, 15) is 0 Å². The van der Waals surface area contributed by atoms with Gasteiger partial charge in [-0.05, 0) is 42.0 Å². The van der Waals surface area contributed by atoms with Gasteiger partial charge in [0, 0.05) is 16.3 Å². The Balaban J connectivity index is 1.77. The van der Waals surface area contributed by atoms with Crippen LogP contribution in [-0.4, -0.2) is 31.5 Å². The van der Waals surface area contributed by atoms with Crippen molar-refractivity contribution in [2.45, 2.75) is 10.8 Å². The van der Waals surface area contributed by atoms with E-state index in [4.69, 9.17) is 25.8 Å². The zero-order valence-electron chi connectivity index (χ0n) is 15.2. The number of rotatable bonds is 7. The summed E-state index contributed by atoms with van der Waals surface area (Å²) in [4.78, 5) is 0. The molecule has 0 saturated carbocycles. The maximum Gasteiger partial charge on any atom is 0.203 e. The molecule has 3 rings (SSSR count). The van der Waals surface area contributed by atoms with Crippen LogP contribution < -0.4 is 14.2 Å². The molecule has 0 aliphatic heterocycles. The lowest BCUT2D eigenvalue weighted by Crippen LogP contribution is -1.97. The zero-order valence-corrected chi connectivity index (χ0v) is 16.8. The van der Waals surface area contributed by atoms with E-state index >= 15 is 0 Å². The van der Waals surface area contributed by atoms with Crippen molar-refractivity contribution in [2.24, 2.45) is 0 Å². The fraction of sp³-hybridized carbons (Fsp3) is 0.200. The smallest absolute Gasteiger partial charge is 0.203 e. The number of hydrogen-bond donors (Lipinski definition) is 0. The van der Waals surface area contributed by atoms with Crippen molar-refractivity contribution in [2.75, 3.05) is 21.3 Å². The first-order valence-electron chi connectivity index (χ1n) is 8.16. The zero-order chi connectivity index (χ0) is 19.2. The Labute approximate surface area is 167 Å². The highest BCUT2D eigenvalue weighted by Gasteiger charge is 2.15. The lowest BCUT2D eigenvalue weighted by Gasteiger charge is -2.13. The Bertz CT molecular complexity index is 877. The summed E-state index contributed by atoms with van der Waals surface area (Å²) in [6.07, 6.45) is 0. The van der Waals surface area contributed by atoms with Gasteiger partial charge in [-0.1, -0.05) is 35.5 Å². The average Bonchev–Trinajstić information content (AvgIpc) is 2.72. The molecule has 3 aromatic rings. The number of hydrogen-bond acceptors (Lipinski definition) is 6. The van der Waals surface area contributed by atoms with Crippen molar-refractivity contribution in [1.29, 1.82) is 0 Å². The van der Waals surface area contributed by atoms with Crippen LogP contribution >= 0.6 is 23.4 Å². The summed E-state index contributed by atoms with van der Waals surface area (Å²) < 4.78 is 16.1. The predicted molar refractivity (Wildman–Crippen MR) is 108 cm³/mol. The number of methoxy groups -OCH3 is 3. The fourth-order valence-electron chi connectivity index (χ4n) is 2.52. The van der Waals surface area contributed by atoms with Crippen molar-refractivity contribution < 1.29 is 14.2 Å². The van der Waals surface area contributed by atoms with E-state index < -0.39 is 0 Å². The monoisotopic (exact) mass is 402 g/mol. The van der Waals surface area contributed by atoms with Crippen LogP contribution in [0.1, 0.15) is 5.56 Å². The molecule has 0 aliphatic rings. The third kappa shape index (κ3) is 4.64. The van der Waals surface area contributed by atoms with Gasteiger partial charge in [0.2, 0.25) is 5.75 Å². The number of nitrogens with zero attached hydrogens (tertiary/aromatic N) is 2. The molecule has 0 radical (unpaired) electrons. The highest BCUT2D eigenvalue weighted by Crippen LogP contribution is 2.40. The van der Waals surface area contributed by atoms with Crippen LogP contribution in [0.2, 0.25) is 5.02 Å². The van der Waals surface area contributed by atoms with Crippen LogP contribution in [0.3, 0.4) is 0 Å². The molecule has 0 spiro atoms. The normalized spacial score (nSPS) is 10.5. The molecule has 7 heteroatoms. The Morgan fingerprint density at radius 2 is 1.52 bits per heavy atom. The van der Waals surface area contributed by atoms with Crippen LogP contribution in [-0.2, 0) is 5.75 Å². The molecular formula is C20H19ClN2O3S. The lowest BCUT2D eigenvalue weighted by atomic mass is 10.1. The summed E-state index contributed by atoms with van der Waals surface area (Å²) in [5.74, 6) is 2.51. The first kappa shape index (κ1) is 19.3. The van der Waals surface area contributed by atoms with E-state index in [1.807, 2.05) is 48.5 Å². The van der Waals surface area contributed by atoms with Gasteiger partial charge < -0.3 is 14.2 Å². The minimum atomic E-state index is 0.548. The van der Waals surface area contributed by atoms with Crippen molar-refractivity contribution in [3.05, 3.63) is 59.1 Å². The molecule has 1 aromatic heterocycles. The Morgan fingerprint density at radius 1 is 0.852 bits per heavy atom. The van der Waals surface area contributed by atoms with E-state index in [1.54, 1.807) is 33.1 Å². The van der Waals surface area contributed by atoms with Crippen LogP contribution in [0.4, 0.5) is 0 Å². The number of thioether (sulfide) groups is 1. The summed E-state index contributed by atoms with van der Waals surface area (Å²) in [5.41, 5.74) is 2.75. The second-order valence-electron chi connectivity index (χ2n) is 5.59. The number of aromatic nitrogens is 2. The van der Waals surface area contributed by atoms with E-state index in [-0.39, 0.29) is 0 Å². The highest BCUT2D eigenvalue weighted by atomic mass is 35.5. The number of benzene rings is 2. The maximum atomic E-state index is 5.91. The molecule has 27 heavy (non-hydrogen) atoms. The Morgan fingerprint density at radius 3 is 2.04 bits per heavy atom. The van der Waals surface area contributed by atoms with Gasteiger partial charge in [-0.3, -0.25) is 0 Å². The quantitative estimate of drug-likeness (QED) is 0.511. The van der Waals surface area contributed by atoms with Crippen LogP contribution in [0.25, 0.3) is 11.3 Å². The molecular weight excluding hydrogens is 384 g/mol. The molecule has 5 nitrogen and oxygen atoms in total. The second-order valence-corrected chi connectivity index (χ2v) is 7.02. The molecule has 0 bridgehead atoms. The van der Waals surface area contributed by atoms with Gasteiger partial charge in [0.05, 0.1) is 27.0 Å². The molecule has 0 amide bonds. The van der Waals surface area contributed by atoms with E-state index in [2.05, 4.69) is 10.2 Å². The van der Waals surface area contributed by atoms with Crippen LogP contribution in [0.15, 0.2) is 53.6 Å². The lowest BCUT2D eigenvalue weighted by molar-refractivity contribution is 0.324. The standard InChI is InChI=1S/C20H19ClN2O3S/c1-24-17-10-14(11-18(25-2)20(17)26-3)16-8-9-19(23-22-16)27-12-13-4-6-15(21)7-5-13/h4-11H,12H2,1-3H3. The Kier molecular flexibility index (Phi) is 6.42. The van der Waals surface area contributed by atoms with Gasteiger partial charge in [-0.15, -0.1) is 10.2 Å². The summed E-state index contributed by atoms with van der Waals surface area (Å²) in [5, 5.41) is 10.2. The van der Waals surface area contributed by atoms with Crippen molar-refractivity contribution in [1.82, 2.24) is 10.2 Å². The predicted octanol–water partition coefficient (Wildman–Crippen LogP) is 5.12. The van der Waals surface area contributed by atoms with Crippen molar-refractivity contribution in [3.63, 3.8) is 0 Å². The first-order chi connectivity index (χ1) is 13.1. The third-order valence-electron chi connectivity index (χ3n) is 3.90. The molecule has 0 saturated heterocycles. The molecule has 140 valence electrons. The molecule has 1 heterocycles. The molecule has 0 fully saturated rings. The van der Waals surface area contributed by atoms with Gasteiger partial charge in [0.25, 0.3) is 0 Å². The fourth-order valence-corrected chi connectivity index (χ4v) is 3.41. The minimum Gasteiger partial charge on any atom is -0.493 e. The SMILES string of the molecule is COc1cc(-c2ccc(SCc3ccc(Cl)cc3)nn2)cc(OC)c1OC. The van der Waals surface area contributed by atoms with Crippen LogP contribution in [0.5, 0.6) is 17.2 Å². The van der Waals surface area contributed by atoms with Gasteiger partial charge >= 0.3 is 0 Å². The highest BCUT2D eigenvalue weighted by molar-refractivity contribution is 7.98. The third-order valence-corrected chi connectivity index (χ3v) is 5.14. The topological polar surface area (TPSA) is 53.5 Å². The number of ether oxygens (including phenoxy) is 3. The van der Waals surface area contributed by atoms with E-state index in [1.165, 1.54) is 5.56 Å². The van der Waals surface area contributed by atoms with Crippen molar-refractivity contribution >= 4 is 23.4 Å². The molecule has 0 unspecified atom stereocenters. The minimum absolute atomic E-state index is 0.548. The Hall–Kier alpha value is -2.44.